The second-order valence-electron chi connectivity index (χ2n) is 5.15. The van der Waals surface area contributed by atoms with E-state index >= 15 is 0 Å². The number of hydrogen-bond donors (Lipinski definition) is 3. The van der Waals surface area contributed by atoms with Crippen molar-refractivity contribution in [2.24, 2.45) is 0 Å². The van der Waals surface area contributed by atoms with E-state index in [-0.39, 0.29) is 28.9 Å². The third kappa shape index (κ3) is 3.19. The van der Waals surface area contributed by atoms with E-state index in [1.54, 1.807) is 6.92 Å². The molecule has 0 saturated heterocycles. The highest BCUT2D eigenvalue weighted by molar-refractivity contribution is 6.12. The van der Waals surface area contributed by atoms with E-state index in [1.165, 1.54) is 0 Å². The molecule has 0 aliphatic carbocycles. The SMILES string of the molecule is CCc1c(O)cc(O)cc1C(C(=O)O)C(=O)c1ccc(F)c(F)c1. The number of carbonyl (C=O) groups is 2. The summed E-state index contributed by atoms with van der Waals surface area (Å²) in [5, 5.41) is 28.9. The number of phenols is 2. The van der Waals surface area contributed by atoms with Crippen molar-refractivity contribution in [3.05, 3.63) is 58.7 Å². The Labute approximate surface area is 135 Å². The van der Waals surface area contributed by atoms with Crippen LogP contribution in [0.4, 0.5) is 8.78 Å². The summed E-state index contributed by atoms with van der Waals surface area (Å²) >= 11 is 0. The van der Waals surface area contributed by atoms with Gasteiger partial charge < -0.3 is 15.3 Å². The van der Waals surface area contributed by atoms with Gasteiger partial charge in [0.1, 0.15) is 17.4 Å². The lowest BCUT2D eigenvalue weighted by Gasteiger charge is -2.17. The number of benzene rings is 2. The standard InChI is InChI=1S/C17H14F2O5/c1-2-10-11(6-9(20)7-14(10)21)15(17(23)24)16(22)8-3-4-12(18)13(19)5-8/h3-7,15,20-21H,2H2,1H3,(H,23,24). The zero-order valence-electron chi connectivity index (χ0n) is 12.6. The van der Waals surface area contributed by atoms with Crippen LogP contribution in [0.3, 0.4) is 0 Å². The van der Waals surface area contributed by atoms with E-state index in [1.807, 2.05) is 0 Å². The van der Waals surface area contributed by atoms with E-state index in [9.17, 15) is 33.7 Å². The number of carboxylic acid groups (broad SMARTS) is 1. The number of ketones is 1. The summed E-state index contributed by atoms with van der Waals surface area (Å²) in [6, 6.07) is 4.41. The smallest absolute Gasteiger partial charge is 0.318 e. The third-order valence-corrected chi connectivity index (χ3v) is 3.62. The van der Waals surface area contributed by atoms with Gasteiger partial charge in [-0.1, -0.05) is 6.92 Å². The first kappa shape index (κ1) is 17.4. The van der Waals surface area contributed by atoms with Crippen molar-refractivity contribution in [2.45, 2.75) is 19.3 Å². The summed E-state index contributed by atoms with van der Waals surface area (Å²) in [5.74, 6) is -7.50. The maximum Gasteiger partial charge on any atom is 0.318 e. The van der Waals surface area contributed by atoms with Gasteiger partial charge in [-0.3, -0.25) is 9.59 Å². The highest BCUT2D eigenvalue weighted by atomic mass is 19.2. The molecule has 2 rings (SSSR count). The fourth-order valence-electron chi connectivity index (χ4n) is 2.51. The van der Waals surface area contributed by atoms with Gasteiger partial charge in [0.2, 0.25) is 0 Å². The molecule has 0 fully saturated rings. The molecule has 0 radical (unpaired) electrons. The summed E-state index contributed by atoms with van der Waals surface area (Å²) in [4.78, 5) is 24.1. The highest BCUT2D eigenvalue weighted by Crippen LogP contribution is 2.34. The molecule has 0 aliphatic heterocycles. The van der Waals surface area contributed by atoms with Crippen molar-refractivity contribution in [1.29, 1.82) is 0 Å². The molecule has 126 valence electrons. The van der Waals surface area contributed by atoms with Gasteiger partial charge in [0.25, 0.3) is 0 Å². The van der Waals surface area contributed by atoms with Crippen LogP contribution in [0, 0.1) is 11.6 Å². The van der Waals surface area contributed by atoms with Crippen LogP contribution in [-0.2, 0) is 11.2 Å². The maximum absolute atomic E-state index is 13.3. The molecule has 5 nitrogen and oxygen atoms in total. The Morgan fingerprint density at radius 2 is 1.75 bits per heavy atom. The molecule has 3 N–H and O–H groups in total. The molecule has 0 aromatic heterocycles. The van der Waals surface area contributed by atoms with Crippen molar-refractivity contribution >= 4 is 11.8 Å². The summed E-state index contributed by atoms with van der Waals surface area (Å²) < 4.78 is 26.3. The van der Waals surface area contributed by atoms with Crippen LogP contribution in [-0.4, -0.2) is 27.1 Å². The van der Waals surface area contributed by atoms with Crippen LogP contribution in [0.15, 0.2) is 30.3 Å². The molecule has 0 spiro atoms. The van der Waals surface area contributed by atoms with Crippen LogP contribution >= 0.6 is 0 Å². The average Bonchev–Trinajstić information content (AvgIpc) is 2.49. The minimum atomic E-state index is -1.78. The van der Waals surface area contributed by atoms with Gasteiger partial charge in [-0.25, -0.2) is 8.78 Å². The summed E-state index contributed by atoms with van der Waals surface area (Å²) in [7, 11) is 0. The number of rotatable bonds is 5. The number of carbonyl (C=O) groups excluding carboxylic acids is 1. The molecule has 0 amide bonds. The van der Waals surface area contributed by atoms with Gasteiger partial charge in [0.15, 0.2) is 17.4 Å². The van der Waals surface area contributed by atoms with Gasteiger partial charge in [-0.15, -0.1) is 0 Å². The van der Waals surface area contributed by atoms with Gasteiger partial charge in [-0.05, 0) is 41.8 Å². The number of phenolic OH excluding ortho intramolecular Hbond substituents is 2. The first-order valence-electron chi connectivity index (χ1n) is 7.03. The van der Waals surface area contributed by atoms with Crippen molar-refractivity contribution < 1.29 is 33.7 Å². The second-order valence-corrected chi connectivity index (χ2v) is 5.15. The first-order chi connectivity index (χ1) is 11.3. The zero-order valence-corrected chi connectivity index (χ0v) is 12.6. The zero-order chi connectivity index (χ0) is 18.0. The molecule has 0 saturated carbocycles. The number of aliphatic carboxylic acids is 1. The molecule has 2 aromatic carbocycles. The molecule has 24 heavy (non-hydrogen) atoms. The van der Waals surface area contributed by atoms with Crippen molar-refractivity contribution in [3.8, 4) is 11.5 Å². The Balaban J connectivity index is 2.60. The molecule has 0 heterocycles. The normalized spacial score (nSPS) is 12.0. The van der Waals surface area contributed by atoms with E-state index in [0.717, 1.165) is 24.3 Å². The van der Waals surface area contributed by atoms with E-state index in [4.69, 9.17) is 0 Å². The van der Waals surface area contributed by atoms with Crippen LogP contribution < -0.4 is 0 Å². The molecule has 0 aliphatic rings. The number of Topliss-reactive ketones (excluding diaryl/α,β-unsaturated/α-hetero) is 1. The molecule has 1 unspecified atom stereocenters. The van der Waals surface area contributed by atoms with Gasteiger partial charge in [-0.2, -0.15) is 0 Å². The average molecular weight is 336 g/mol. The predicted octanol–water partition coefficient (Wildman–Crippen LogP) is 2.99. The van der Waals surface area contributed by atoms with Crippen LogP contribution in [0.25, 0.3) is 0 Å². The molecule has 0 bridgehead atoms. The van der Waals surface area contributed by atoms with Crippen LogP contribution in [0.1, 0.15) is 34.3 Å². The summed E-state index contributed by atoms with van der Waals surface area (Å²) in [6.07, 6.45) is 0.205. The number of halogens is 2. The molecule has 7 heteroatoms. The Bertz CT molecular complexity index is 817. The van der Waals surface area contributed by atoms with E-state index in [2.05, 4.69) is 0 Å². The quantitative estimate of drug-likeness (QED) is 0.576. The lowest BCUT2D eigenvalue weighted by Crippen LogP contribution is -2.23. The molecule has 2 aromatic rings. The maximum atomic E-state index is 13.3. The lowest BCUT2D eigenvalue weighted by molar-refractivity contribution is -0.137. The van der Waals surface area contributed by atoms with Gasteiger partial charge in [0.05, 0.1) is 0 Å². The van der Waals surface area contributed by atoms with Crippen LogP contribution in [0.2, 0.25) is 0 Å². The summed E-state index contributed by atoms with van der Waals surface area (Å²) in [6.45, 7) is 1.64. The number of hydrogen-bond acceptors (Lipinski definition) is 4. The minimum absolute atomic E-state index is 0.0998. The lowest BCUT2D eigenvalue weighted by atomic mass is 9.86. The van der Waals surface area contributed by atoms with Gasteiger partial charge >= 0.3 is 5.97 Å². The first-order valence-corrected chi connectivity index (χ1v) is 7.03. The Kier molecular flexibility index (Phi) is 4.82. The Morgan fingerprint density at radius 1 is 1.08 bits per heavy atom. The highest BCUT2D eigenvalue weighted by Gasteiger charge is 2.32. The largest absolute Gasteiger partial charge is 0.508 e. The van der Waals surface area contributed by atoms with Crippen molar-refractivity contribution in [3.63, 3.8) is 0 Å². The predicted molar refractivity (Wildman–Crippen MR) is 80.2 cm³/mol. The van der Waals surface area contributed by atoms with E-state index < -0.39 is 35.1 Å². The number of aromatic hydroxyl groups is 2. The molecular formula is C17H14F2O5. The van der Waals surface area contributed by atoms with Gasteiger partial charge in [0, 0.05) is 11.6 Å². The number of carboxylic acids is 1. The second kappa shape index (κ2) is 6.66. The van der Waals surface area contributed by atoms with E-state index in [0.29, 0.717) is 6.07 Å². The Morgan fingerprint density at radius 3 is 2.29 bits per heavy atom. The Hall–Kier alpha value is -2.96. The fourth-order valence-corrected chi connectivity index (χ4v) is 2.51. The third-order valence-electron chi connectivity index (χ3n) is 3.62. The fraction of sp³-hybridized carbons (Fsp3) is 0.176. The van der Waals surface area contributed by atoms with Crippen molar-refractivity contribution in [1.82, 2.24) is 0 Å². The minimum Gasteiger partial charge on any atom is -0.508 e. The summed E-state index contributed by atoms with van der Waals surface area (Å²) in [5.41, 5.74) is -0.250. The monoisotopic (exact) mass is 336 g/mol. The molecular weight excluding hydrogens is 322 g/mol. The topological polar surface area (TPSA) is 94.8 Å². The van der Waals surface area contributed by atoms with Crippen molar-refractivity contribution in [2.75, 3.05) is 0 Å². The molecule has 1 atom stereocenters. The van der Waals surface area contributed by atoms with Crippen LogP contribution in [0.5, 0.6) is 11.5 Å².